The molecule has 2 amide bonds. The van der Waals surface area contributed by atoms with Crippen LogP contribution in [0.1, 0.15) is 26.5 Å². The second-order valence-electron chi connectivity index (χ2n) is 7.23. The van der Waals surface area contributed by atoms with E-state index in [1.165, 1.54) is 16.8 Å². The molecule has 0 saturated carbocycles. The van der Waals surface area contributed by atoms with Crippen molar-refractivity contribution in [2.75, 3.05) is 33.3 Å². The molecular formula is C22H22FN5O3. The van der Waals surface area contributed by atoms with Crippen LogP contribution in [0.15, 0.2) is 48.5 Å². The highest BCUT2D eigenvalue weighted by atomic mass is 19.1. The van der Waals surface area contributed by atoms with E-state index in [0.29, 0.717) is 48.9 Å². The van der Waals surface area contributed by atoms with Gasteiger partial charge >= 0.3 is 0 Å². The fraction of sp³-hybridized carbons (Fsp3) is 0.273. The van der Waals surface area contributed by atoms with E-state index in [0.717, 1.165) is 0 Å². The van der Waals surface area contributed by atoms with Crippen molar-refractivity contribution < 1.29 is 18.7 Å². The second kappa shape index (κ2) is 8.55. The van der Waals surface area contributed by atoms with Gasteiger partial charge in [-0.25, -0.2) is 9.07 Å². The van der Waals surface area contributed by atoms with Gasteiger partial charge in [0.05, 0.1) is 18.5 Å². The molecule has 9 heteroatoms. The van der Waals surface area contributed by atoms with Gasteiger partial charge in [-0.05, 0) is 49.4 Å². The van der Waals surface area contributed by atoms with Crippen molar-refractivity contribution in [2.24, 2.45) is 0 Å². The molecule has 0 bridgehead atoms. The molecule has 2 aromatic carbocycles. The first-order chi connectivity index (χ1) is 15.0. The maximum Gasteiger partial charge on any atom is 0.276 e. The maximum atomic E-state index is 13.2. The number of nitrogens with zero attached hydrogens (tertiary/aromatic N) is 5. The Morgan fingerprint density at radius 3 is 2.26 bits per heavy atom. The van der Waals surface area contributed by atoms with Crippen molar-refractivity contribution >= 4 is 11.8 Å². The van der Waals surface area contributed by atoms with E-state index in [1.54, 1.807) is 60.2 Å². The quantitative estimate of drug-likeness (QED) is 0.644. The fourth-order valence-electron chi connectivity index (χ4n) is 3.56. The molecule has 1 aliphatic rings. The van der Waals surface area contributed by atoms with E-state index in [1.807, 2.05) is 0 Å². The lowest BCUT2D eigenvalue weighted by Gasteiger charge is -2.34. The Labute approximate surface area is 178 Å². The van der Waals surface area contributed by atoms with Gasteiger partial charge in [-0.15, -0.1) is 5.10 Å². The van der Waals surface area contributed by atoms with Crippen molar-refractivity contribution in [3.63, 3.8) is 0 Å². The molecule has 1 fully saturated rings. The van der Waals surface area contributed by atoms with Crippen LogP contribution in [-0.2, 0) is 0 Å². The zero-order chi connectivity index (χ0) is 22.0. The van der Waals surface area contributed by atoms with Gasteiger partial charge in [-0.2, -0.15) is 0 Å². The standard InChI is InChI=1S/C22H22FN5O3/c1-15-20(24-25-28(15)18-8-6-17(23)7-9-18)22(30)27-12-10-26(11-13-27)21(29)16-4-3-5-19(14-16)31-2/h3-9,14H,10-13H2,1-2H3. The summed E-state index contributed by atoms with van der Waals surface area (Å²) < 4.78 is 19.9. The summed E-state index contributed by atoms with van der Waals surface area (Å²) >= 11 is 0. The largest absolute Gasteiger partial charge is 0.497 e. The number of carbonyl (C=O) groups excluding carboxylic acids is 2. The third-order valence-corrected chi connectivity index (χ3v) is 5.34. The first kappa shape index (κ1) is 20.5. The third kappa shape index (κ3) is 4.11. The summed E-state index contributed by atoms with van der Waals surface area (Å²) in [6.07, 6.45) is 0. The van der Waals surface area contributed by atoms with E-state index in [9.17, 15) is 14.0 Å². The van der Waals surface area contributed by atoms with E-state index in [-0.39, 0.29) is 23.3 Å². The zero-order valence-corrected chi connectivity index (χ0v) is 17.3. The van der Waals surface area contributed by atoms with Crippen molar-refractivity contribution in [3.8, 4) is 11.4 Å². The van der Waals surface area contributed by atoms with Crippen LogP contribution in [0.3, 0.4) is 0 Å². The minimum absolute atomic E-state index is 0.0931. The number of carbonyl (C=O) groups is 2. The Balaban J connectivity index is 1.43. The number of hydrogen-bond donors (Lipinski definition) is 0. The van der Waals surface area contributed by atoms with Gasteiger partial charge in [0.1, 0.15) is 11.6 Å². The van der Waals surface area contributed by atoms with Gasteiger partial charge in [0, 0.05) is 31.7 Å². The summed E-state index contributed by atoms with van der Waals surface area (Å²) in [5, 5.41) is 8.10. The minimum atomic E-state index is -0.348. The van der Waals surface area contributed by atoms with Gasteiger partial charge in [0.15, 0.2) is 5.69 Å². The first-order valence-corrected chi connectivity index (χ1v) is 9.89. The van der Waals surface area contributed by atoms with Gasteiger partial charge in [0.2, 0.25) is 0 Å². The van der Waals surface area contributed by atoms with E-state index >= 15 is 0 Å². The Bertz CT molecular complexity index is 1100. The molecule has 8 nitrogen and oxygen atoms in total. The summed E-state index contributed by atoms with van der Waals surface area (Å²) in [5.41, 5.74) is 2.00. The van der Waals surface area contributed by atoms with Crippen LogP contribution in [0.25, 0.3) is 5.69 Å². The number of methoxy groups -OCH3 is 1. The maximum absolute atomic E-state index is 13.2. The lowest BCUT2D eigenvalue weighted by Crippen LogP contribution is -2.50. The predicted molar refractivity (Wildman–Crippen MR) is 111 cm³/mol. The Morgan fingerprint density at radius 2 is 1.61 bits per heavy atom. The highest BCUT2D eigenvalue weighted by molar-refractivity contribution is 5.95. The summed E-state index contributed by atoms with van der Waals surface area (Å²) in [7, 11) is 1.56. The number of ether oxygens (including phenoxy) is 1. The molecule has 31 heavy (non-hydrogen) atoms. The number of benzene rings is 2. The molecule has 2 heterocycles. The summed E-state index contributed by atoms with van der Waals surface area (Å²) in [6, 6.07) is 12.8. The van der Waals surface area contributed by atoms with Gasteiger partial charge in [-0.3, -0.25) is 9.59 Å². The molecular weight excluding hydrogens is 401 g/mol. The van der Waals surface area contributed by atoms with E-state index in [2.05, 4.69) is 10.3 Å². The Hall–Kier alpha value is -3.75. The topological polar surface area (TPSA) is 80.6 Å². The monoisotopic (exact) mass is 423 g/mol. The molecule has 1 aromatic heterocycles. The fourth-order valence-corrected chi connectivity index (χ4v) is 3.56. The lowest BCUT2D eigenvalue weighted by atomic mass is 10.1. The van der Waals surface area contributed by atoms with Crippen LogP contribution in [0, 0.1) is 12.7 Å². The van der Waals surface area contributed by atoms with Crippen LogP contribution < -0.4 is 4.74 Å². The van der Waals surface area contributed by atoms with E-state index in [4.69, 9.17) is 4.74 Å². The summed E-state index contributed by atoms with van der Waals surface area (Å²) in [5.74, 6) is -0.0534. The number of hydrogen-bond acceptors (Lipinski definition) is 5. The highest BCUT2D eigenvalue weighted by Crippen LogP contribution is 2.18. The molecule has 160 valence electrons. The Kier molecular flexibility index (Phi) is 5.66. The molecule has 1 aliphatic heterocycles. The zero-order valence-electron chi connectivity index (χ0n) is 17.3. The number of amides is 2. The normalized spacial score (nSPS) is 13.9. The van der Waals surface area contributed by atoms with Gasteiger partial charge in [-0.1, -0.05) is 11.3 Å². The minimum Gasteiger partial charge on any atom is -0.497 e. The van der Waals surface area contributed by atoms with Crippen molar-refractivity contribution in [1.82, 2.24) is 24.8 Å². The van der Waals surface area contributed by atoms with Crippen molar-refractivity contribution in [2.45, 2.75) is 6.92 Å². The molecule has 3 aromatic rings. The SMILES string of the molecule is COc1cccc(C(=O)N2CCN(C(=O)c3nnn(-c4ccc(F)cc4)c3C)CC2)c1. The van der Waals surface area contributed by atoms with Gasteiger partial charge in [0.25, 0.3) is 11.8 Å². The van der Waals surface area contributed by atoms with Crippen LogP contribution >= 0.6 is 0 Å². The molecule has 0 atom stereocenters. The van der Waals surface area contributed by atoms with Gasteiger partial charge < -0.3 is 14.5 Å². The smallest absolute Gasteiger partial charge is 0.276 e. The number of piperazine rings is 1. The Morgan fingerprint density at radius 1 is 0.968 bits per heavy atom. The molecule has 0 radical (unpaired) electrons. The second-order valence-corrected chi connectivity index (χ2v) is 7.23. The molecule has 0 aliphatic carbocycles. The number of halogens is 1. The van der Waals surface area contributed by atoms with Crippen LogP contribution in [0.4, 0.5) is 4.39 Å². The molecule has 4 rings (SSSR count). The van der Waals surface area contributed by atoms with Crippen LogP contribution in [-0.4, -0.2) is 69.9 Å². The molecule has 0 unspecified atom stereocenters. The number of rotatable bonds is 4. The average Bonchev–Trinajstić information content (AvgIpc) is 3.20. The predicted octanol–water partition coefficient (Wildman–Crippen LogP) is 2.32. The first-order valence-electron chi connectivity index (χ1n) is 9.89. The molecule has 0 N–H and O–H groups in total. The molecule has 1 saturated heterocycles. The van der Waals surface area contributed by atoms with Crippen LogP contribution in [0.5, 0.6) is 5.75 Å². The highest BCUT2D eigenvalue weighted by Gasteiger charge is 2.28. The average molecular weight is 423 g/mol. The molecule has 0 spiro atoms. The third-order valence-electron chi connectivity index (χ3n) is 5.34. The summed E-state index contributed by atoms with van der Waals surface area (Å²) in [4.78, 5) is 29.1. The van der Waals surface area contributed by atoms with Crippen LogP contribution in [0.2, 0.25) is 0 Å². The number of aromatic nitrogens is 3. The van der Waals surface area contributed by atoms with Crippen molar-refractivity contribution in [1.29, 1.82) is 0 Å². The van der Waals surface area contributed by atoms with E-state index < -0.39 is 0 Å². The van der Waals surface area contributed by atoms with Crippen molar-refractivity contribution in [3.05, 3.63) is 71.3 Å². The summed E-state index contributed by atoms with van der Waals surface area (Å²) in [6.45, 7) is 3.40. The lowest BCUT2D eigenvalue weighted by molar-refractivity contribution is 0.0531.